The Hall–Kier alpha value is -1.04. The lowest BCUT2D eigenvalue weighted by atomic mass is 10.0. The van der Waals surface area contributed by atoms with Gasteiger partial charge in [-0.05, 0) is 32.5 Å². The highest BCUT2D eigenvalue weighted by molar-refractivity contribution is 6.29. The van der Waals surface area contributed by atoms with Gasteiger partial charge in [0, 0.05) is 12.7 Å². The number of aromatic nitrogens is 1. The molecule has 0 saturated carbocycles. The summed E-state index contributed by atoms with van der Waals surface area (Å²) >= 11 is 5.71. The predicted octanol–water partition coefficient (Wildman–Crippen LogP) is 2.58. The molecule has 1 aromatic heterocycles. The SMILES string of the molecule is C#CC(C)(C)N(C)Cc1ccc(Cl)nc1. The zero-order valence-electron chi connectivity index (χ0n) is 9.29. The van der Waals surface area contributed by atoms with E-state index in [4.69, 9.17) is 18.0 Å². The molecule has 0 aromatic carbocycles. The molecule has 80 valence electrons. The third-order valence-electron chi connectivity index (χ3n) is 2.52. The largest absolute Gasteiger partial charge is 0.286 e. The third kappa shape index (κ3) is 3.23. The first kappa shape index (κ1) is 12.0. The smallest absolute Gasteiger partial charge is 0.129 e. The van der Waals surface area contributed by atoms with Crippen LogP contribution in [0.3, 0.4) is 0 Å². The molecule has 3 heteroatoms. The van der Waals surface area contributed by atoms with Crippen LogP contribution in [-0.2, 0) is 6.54 Å². The topological polar surface area (TPSA) is 16.1 Å². The van der Waals surface area contributed by atoms with Gasteiger partial charge in [0.1, 0.15) is 5.15 Å². The first-order valence-electron chi connectivity index (χ1n) is 4.75. The van der Waals surface area contributed by atoms with Crippen LogP contribution >= 0.6 is 11.6 Å². The van der Waals surface area contributed by atoms with Crippen LogP contribution in [0.2, 0.25) is 5.15 Å². The Labute approximate surface area is 96.3 Å². The molecule has 1 heterocycles. The lowest BCUT2D eigenvalue weighted by Gasteiger charge is -2.30. The number of hydrogen-bond donors (Lipinski definition) is 0. The Morgan fingerprint density at radius 2 is 2.20 bits per heavy atom. The van der Waals surface area contributed by atoms with E-state index in [1.165, 1.54) is 0 Å². The maximum atomic E-state index is 5.71. The summed E-state index contributed by atoms with van der Waals surface area (Å²) in [6.45, 7) is 4.79. The molecule has 1 aromatic rings. The van der Waals surface area contributed by atoms with E-state index in [9.17, 15) is 0 Å². The Morgan fingerprint density at radius 3 is 2.67 bits per heavy atom. The molecule has 0 fully saturated rings. The van der Waals surface area contributed by atoms with Gasteiger partial charge in [0.15, 0.2) is 0 Å². The summed E-state index contributed by atoms with van der Waals surface area (Å²) in [5.41, 5.74) is 0.852. The van der Waals surface area contributed by atoms with Crippen LogP contribution in [0, 0.1) is 12.3 Å². The Balaban J connectivity index is 2.71. The molecule has 0 aliphatic carbocycles. The summed E-state index contributed by atoms with van der Waals surface area (Å²) in [4.78, 5) is 6.12. The molecule has 2 nitrogen and oxygen atoms in total. The van der Waals surface area contributed by atoms with Crippen molar-refractivity contribution in [3.63, 3.8) is 0 Å². The monoisotopic (exact) mass is 222 g/mol. The fraction of sp³-hybridized carbons (Fsp3) is 0.417. The van der Waals surface area contributed by atoms with Crippen molar-refractivity contribution in [3.05, 3.63) is 29.0 Å². The summed E-state index contributed by atoms with van der Waals surface area (Å²) in [5, 5.41) is 0.512. The quantitative estimate of drug-likeness (QED) is 0.577. The highest BCUT2D eigenvalue weighted by Crippen LogP contribution is 2.15. The lowest BCUT2D eigenvalue weighted by Crippen LogP contribution is -2.39. The maximum Gasteiger partial charge on any atom is 0.129 e. The molecular weight excluding hydrogens is 208 g/mol. The second-order valence-corrected chi connectivity index (χ2v) is 4.44. The second-order valence-electron chi connectivity index (χ2n) is 4.05. The van der Waals surface area contributed by atoms with Gasteiger partial charge in [-0.1, -0.05) is 23.6 Å². The first-order chi connectivity index (χ1) is 6.95. The number of hydrogen-bond acceptors (Lipinski definition) is 2. The number of rotatable bonds is 3. The minimum Gasteiger partial charge on any atom is -0.286 e. The standard InChI is InChI=1S/C12H15ClN2/c1-5-12(2,3)15(4)9-10-6-7-11(13)14-8-10/h1,6-8H,9H2,2-4H3. The molecule has 15 heavy (non-hydrogen) atoms. The number of halogens is 1. The zero-order chi connectivity index (χ0) is 11.5. The van der Waals surface area contributed by atoms with Crippen LogP contribution in [-0.4, -0.2) is 22.5 Å². The highest BCUT2D eigenvalue weighted by Gasteiger charge is 2.20. The Bertz CT molecular complexity index is 362. The maximum absolute atomic E-state index is 5.71. The molecular formula is C12H15ClN2. The van der Waals surface area contributed by atoms with Crippen LogP contribution in [0.1, 0.15) is 19.4 Å². The van der Waals surface area contributed by atoms with Crippen molar-refractivity contribution in [2.24, 2.45) is 0 Å². The number of terminal acetylenes is 1. The fourth-order valence-corrected chi connectivity index (χ4v) is 1.19. The first-order valence-corrected chi connectivity index (χ1v) is 5.13. The average molecular weight is 223 g/mol. The third-order valence-corrected chi connectivity index (χ3v) is 2.74. The molecule has 0 amide bonds. The summed E-state index contributed by atoms with van der Waals surface area (Å²) in [6.07, 6.45) is 7.23. The van der Waals surface area contributed by atoms with Crippen LogP contribution in [0.4, 0.5) is 0 Å². The molecule has 0 bridgehead atoms. The van der Waals surface area contributed by atoms with E-state index < -0.39 is 0 Å². The average Bonchev–Trinajstić information content (AvgIpc) is 2.21. The zero-order valence-corrected chi connectivity index (χ0v) is 10.0. The van der Waals surface area contributed by atoms with Gasteiger partial charge < -0.3 is 0 Å². The summed E-state index contributed by atoms with van der Waals surface area (Å²) in [6, 6.07) is 3.74. The van der Waals surface area contributed by atoms with Crippen molar-refractivity contribution >= 4 is 11.6 Å². The van der Waals surface area contributed by atoms with E-state index in [1.54, 1.807) is 12.3 Å². The Morgan fingerprint density at radius 1 is 1.53 bits per heavy atom. The van der Waals surface area contributed by atoms with E-state index in [1.807, 2.05) is 27.0 Å². The van der Waals surface area contributed by atoms with E-state index in [-0.39, 0.29) is 5.54 Å². The van der Waals surface area contributed by atoms with Crippen molar-refractivity contribution in [2.75, 3.05) is 7.05 Å². The van der Waals surface area contributed by atoms with Gasteiger partial charge in [-0.25, -0.2) is 4.98 Å². The van der Waals surface area contributed by atoms with Crippen molar-refractivity contribution < 1.29 is 0 Å². The predicted molar refractivity (Wildman–Crippen MR) is 63.6 cm³/mol. The molecule has 0 unspecified atom stereocenters. The molecule has 1 rings (SSSR count). The van der Waals surface area contributed by atoms with Crippen LogP contribution in [0.5, 0.6) is 0 Å². The molecule has 0 radical (unpaired) electrons. The van der Waals surface area contributed by atoms with Crippen molar-refractivity contribution in [2.45, 2.75) is 25.9 Å². The van der Waals surface area contributed by atoms with Crippen molar-refractivity contribution in [1.82, 2.24) is 9.88 Å². The van der Waals surface area contributed by atoms with E-state index in [2.05, 4.69) is 15.8 Å². The van der Waals surface area contributed by atoms with E-state index in [0.29, 0.717) is 5.15 Å². The number of pyridine rings is 1. The molecule has 0 saturated heterocycles. The van der Waals surface area contributed by atoms with Gasteiger partial charge >= 0.3 is 0 Å². The minimum atomic E-state index is -0.250. The van der Waals surface area contributed by atoms with Gasteiger partial charge in [-0.2, -0.15) is 0 Å². The minimum absolute atomic E-state index is 0.250. The van der Waals surface area contributed by atoms with Crippen molar-refractivity contribution in [1.29, 1.82) is 0 Å². The van der Waals surface area contributed by atoms with Crippen LogP contribution in [0.25, 0.3) is 0 Å². The van der Waals surface area contributed by atoms with E-state index in [0.717, 1.165) is 12.1 Å². The second kappa shape index (κ2) is 4.65. The fourth-order valence-electron chi connectivity index (χ4n) is 1.08. The van der Waals surface area contributed by atoms with Crippen LogP contribution in [0.15, 0.2) is 18.3 Å². The summed E-state index contributed by atoms with van der Waals surface area (Å²) < 4.78 is 0. The van der Waals surface area contributed by atoms with Crippen LogP contribution < -0.4 is 0 Å². The van der Waals surface area contributed by atoms with Crippen molar-refractivity contribution in [3.8, 4) is 12.3 Å². The molecule has 0 aliphatic heterocycles. The molecule has 0 aliphatic rings. The molecule has 0 N–H and O–H groups in total. The van der Waals surface area contributed by atoms with Gasteiger partial charge in [0.05, 0.1) is 5.54 Å². The Kier molecular flexibility index (Phi) is 3.73. The van der Waals surface area contributed by atoms with Gasteiger partial charge in [0.25, 0.3) is 0 Å². The number of nitrogens with zero attached hydrogens (tertiary/aromatic N) is 2. The lowest BCUT2D eigenvalue weighted by molar-refractivity contribution is 0.205. The normalized spacial score (nSPS) is 11.5. The van der Waals surface area contributed by atoms with Gasteiger partial charge in [-0.3, -0.25) is 4.90 Å². The molecule has 0 spiro atoms. The van der Waals surface area contributed by atoms with Gasteiger partial charge in [-0.15, -0.1) is 6.42 Å². The highest BCUT2D eigenvalue weighted by atomic mass is 35.5. The molecule has 0 atom stereocenters. The summed E-state index contributed by atoms with van der Waals surface area (Å²) in [5.74, 6) is 2.75. The van der Waals surface area contributed by atoms with E-state index >= 15 is 0 Å². The van der Waals surface area contributed by atoms with Gasteiger partial charge in [0.2, 0.25) is 0 Å². The summed E-state index contributed by atoms with van der Waals surface area (Å²) in [7, 11) is 1.99.